The van der Waals surface area contributed by atoms with Crippen molar-refractivity contribution in [3.63, 3.8) is 0 Å². The van der Waals surface area contributed by atoms with Crippen molar-refractivity contribution in [1.29, 1.82) is 0 Å². The Morgan fingerprint density at radius 2 is 2.00 bits per heavy atom. The summed E-state index contributed by atoms with van der Waals surface area (Å²) in [6, 6.07) is 0. The number of carbonyl (C=O) groups is 1. The Hall–Kier alpha value is -0.180. The molecule has 1 unspecified atom stereocenters. The second kappa shape index (κ2) is 7.25. The molecule has 0 aliphatic carbocycles. The highest BCUT2D eigenvalue weighted by Crippen LogP contribution is 2.11. The minimum absolute atomic E-state index is 0.0340. The van der Waals surface area contributed by atoms with Gasteiger partial charge < -0.3 is 4.74 Å². The molecule has 0 N–H and O–H groups in total. The molecule has 3 heteroatoms. The second-order valence-corrected chi connectivity index (χ2v) is 4.12. The highest BCUT2D eigenvalue weighted by atomic mass is 32.1. The average molecular weight is 204 g/mol. The predicted octanol–water partition coefficient (Wildman–Crippen LogP) is 2.82. The lowest BCUT2D eigenvalue weighted by molar-refractivity contribution is -0.146. The molecule has 0 rings (SSSR count). The third-order valence-corrected chi connectivity index (χ3v) is 2.17. The van der Waals surface area contributed by atoms with Gasteiger partial charge in [-0.3, -0.25) is 4.79 Å². The fourth-order valence-corrected chi connectivity index (χ4v) is 1.26. The molecule has 0 amide bonds. The molecule has 0 saturated carbocycles. The molecule has 1 atom stereocenters. The zero-order chi connectivity index (χ0) is 10.3. The third kappa shape index (κ3) is 6.94. The molecule has 0 bridgehead atoms. The summed E-state index contributed by atoms with van der Waals surface area (Å²) >= 11 is 4.20. The van der Waals surface area contributed by atoms with Gasteiger partial charge in [-0.2, -0.15) is 12.6 Å². The second-order valence-electron chi connectivity index (χ2n) is 3.50. The van der Waals surface area contributed by atoms with Crippen molar-refractivity contribution in [3.05, 3.63) is 0 Å². The molecule has 0 saturated heterocycles. The number of hydrogen-bond donors (Lipinski definition) is 1. The molecule has 0 aromatic heterocycles. The summed E-state index contributed by atoms with van der Waals surface area (Å²) in [6.07, 6.45) is 4.17. The Morgan fingerprint density at radius 1 is 1.38 bits per heavy atom. The van der Waals surface area contributed by atoms with Gasteiger partial charge in [-0.25, -0.2) is 0 Å². The minimum Gasteiger partial charge on any atom is -0.462 e. The minimum atomic E-state index is -0.242. The van der Waals surface area contributed by atoms with Crippen LogP contribution in [-0.2, 0) is 9.53 Å². The predicted molar refractivity (Wildman–Crippen MR) is 58.1 cm³/mol. The fourth-order valence-electron chi connectivity index (χ4n) is 1.02. The maximum absolute atomic E-state index is 11.2. The average Bonchev–Trinajstić information content (AvgIpc) is 2.03. The molecule has 0 aliphatic heterocycles. The summed E-state index contributed by atoms with van der Waals surface area (Å²) in [5.74, 6) is -0.186. The number of ether oxygens (including phenoxy) is 1. The molecule has 2 nitrogen and oxygen atoms in total. The van der Waals surface area contributed by atoms with Gasteiger partial charge >= 0.3 is 5.97 Å². The largest absolute Gasteiger partial charge is 0.462 e. The molecule has 0 aromatic carbocycles. The summed E-state index contributed by atoms with van der Waals surface area (Å²) < 4.78 is 5.03. The molecule has 0 aromatic rings. The van der Waals surface area contributed by atoms with Crippen LogP contribution < -0.4 is 0 Å². The van der Waals surface area contributed by atoms with E-state index in [1.54, 1.807) is 0 Å². The number of esters is 1. The van der Waals surface area contributed by atoms with E-state index < -0.39 is 0 Å². The standard InChI is InChI=1S/C10H20O2S/c1-4-5-6-7-9(13)10(11)12-8(2)3/h8-9,13H,4-7H2,1-3H3. The van der Waals surface area contributed by atoms with Crippen LogP contribution in [0.4, 0.5) is 0 Å². The van der Waals surface area contributed by atoms with Crippen molar-refractivity contribution >= 4 is 18.6 Å². The highest BCUT2D eigenvalue weighted by molar-refractivity contribution is 7.81. The van der Waals surface area contributed by atoms with Crippen LogP contribution in [0.5, 0.6) is 0 Å². The Balaban J connectivity index is 3.57. The summed E-state index contributed by atoms with van der Waals surface area (Å²) in [4.78, 5) is 11.2. The Bertz CT molecular complexity index is 146. The summed E-state index contributed by atoms with van der Waals surface area (Å²) in [5.41, 5.74) is 0. The van der Waals surface area contributed by atoms with Crippen molar-refractivity contribution in [1.82, 2.24) is 0 Å². The van der Waals surface area contributed by atoms with Crippen LogP contribution in [0.2, 0.25) is 0 Å². The number of rotatable bonds is 6. The van der Waals surface area contributed by atoms with E-state index in [1.807, 2.05) is 13.8 Å². The summed E-state index contributed by atoms with van der Waals surface area (Å²) in [6.45, 7) is 5.84. The Labute approximate surface area is 86.5 Å². The van der Waals surface area contributed by atoms with E-state index in [1.165, 1.54) is 6.42 Å². The van der Waals surface area contributed by atoms with E-state index in [-0.39, 0.29) is 17.3 Å². The smallest absolute Gasteiger partial charge is 0.319 e. The van der Waals surface area contributed by atoms with Gasteiger partial charge in [0.2, 0.25) is 0 Å². The van der Waals surface area contributed by atoms with Crippen LogP contribution in [0.1, 0.15) is 46.5 Å². The molecule has 0 heterocycles. The van der Waals surface area contributed by atoms with Crippen LogP contribution in [0.25, 0.3) is 0 Å². The number of thiol groups is 1. The zero-order valence-corrected chi connectivity index (χ0v) is 9.64. The quantitative estimate of drug-likeness (QED) is 0.409. The van der Waals surface area contributed by atoms with Crippen molar-refractivity contribution in [3.8, 4) is 0 Å². The molecule has 0 fully saturated rings. The van der Waals surface area contributed by atoms with Crippen molar-refractivity contribution in [2.45, 2.75) is 57.8 Å². The first-order chi connectivity index (χ1) is 6.07. The molecule has 0 spiro atoms. The topological polar surface area (TPSA) is 26.3 Å². The van der Waals surface area contributed by atoms with E-state index in [0.29, 0.717) is 0 Å². The maximum Gasteiger partial charge on any atom is 0.319 e. The van der Waals surface area contributed by atoms with Gasteiger partial charge in [0.15, 0.2) is 0 Å². The van der Waals surface area contributed by atoms with E-state index in [0.717, 1.165) is 19.3 Å². The molecular weight excluding hydrogens is 184 g/mol. The van der Waals surface area contributed by atoms with Crippen LogP contribution >= 0.6 is 12.6 Å². The fraction of sp³-hybridized carbons (Fsp3) is 0.900. The maximum atomic E-state index is 11.2. The zero-order valence-electron chi connectivity index (χ0n) is 8.75. The first kappa shape index (κ1) is 12.8. The molecular formula is C10H20O2S. The highest BCUT2D eigenvalue weighted by Gasteiger charge is 2.15. The molecule has 13 heavy (non-hydrogen) atoms. The van der Waals surface area contributed by atoms with E-state index in [9.17, 15) is 4.79 Å². The molecule has 78 valence electrons. The van der Waals surface area contributed by atoms with Crippen molar-refractivity contribution in [2.75, 3.05) is 0 Å². The number of carbonyl (C=O) groups excluding carboxylic acids is 1. The van der Waals surface area contributed by atoms with E-state index in [2.05, 4.69) is 19.6 Å². The first-order valence-electron chi connectivity index (χ1n) is 4.96. The monoisotopic (exact) mass is 204 g/mol. The van der Waals surface area contributed by atoms with Gasteiger partial charge in [-0.05, 0) is 20.3 Å². The van der Waals surface area contributed by atoms with Crippen molar-refractivity contribution < 1.29 is 9.53 Å². The summed E-state index contributed by atoms with van der Waals surface area (Å²) in [7, 11) is 0. The summed E-state index contributed by atoms with van der Waals surface area (Å²) in [5, 5.41) is -0.242. The first-order valence-corrected chi connectivity index (χ1v) is 5.48. The van der Waals surface area contributed by atoms with E-state index in [4.69, 9.17) is 4.74 Å². The molecule has 0 aliphatic rings. The normalized spacial score (nSPS) is 13.0. The Kier molecular flexibility index (Phi) is 7.14. The Morgan fingerprint density at radius 3 is 2.46 bits per heavy atom. The SMILES string of the molecule is CCCCCC(S)C(=O)OC(C)C. The molecule has 0 radical (unpaired) electrons. The van der Waals surface area contributed by atoms with Gasteiger partial charge in [-0.1, -0.05) is 26.2 Å². The lowest BCUT2D eigenvalue weighted by Crippen LogP contribution is -2.21. The number of unbranched alkanes of at least 4 members (excludes halogenated alkanes) is 2. The lowest BCUT2D eigenvalue weighted by Gasteiger charge is -2.12. The lowest BCUT2D eigenvalue weighted by atomic mass is 10.1. The van der Waals surface area contributed by atoms with Crippen LogP contribution in [0.15, 0.2) is 0 Å². The number of hydrogen-bond acceptors (Lipinski definition) is 3. The van der Waals surface area contributed by atoms with Crippen LogP contribution in [0.3, 0.4) is 0 Å². The van der Waals surface area contributed by atoms with Crippen LogP contribution in [0, 0.1) is 0 Å². The van der Waals surface area contributed by atoms with Gasteiger partial charge in [0.25, 0.3) is 0 Å². The third-order valence-electron chi connectivity index (χ3n) is 1.71. The van der Waals surface area contributed by atoms with Gasteiger partial charge in [0.05, 0.1) is 11.4 Å². The van der Waals surface area contributed by atoms with Gasteiger partial charge in [0, 0.05) is 0 Å². The van der Waals surface area contributed by atoms with Crippen molar-refractivity contribution in [2.24, 2.45) is 0 Å². The van der Waals surface area contributed by atoms with Gasteiger partial charge in [-0.15, -0.1) is 0 Å². The van der Waals surface area contributed by atoms with E-state index >= 15 is 0 Å². The van der Waals surface area contributed by atoms with Gasteiger partial charge in [0.1, 0.15) is 0 Å². The van der Waals surface area contributed by atoms with Crippen LogP contribution in [-0.4, -0.2) is 17.3 Å².